The average Bonchev–Trinajstić information content (AvgIpc) is 2.99. The summed E-state index contributed by atoms with van der Waals surface area (Å²) in [7, 11) is 0. The zero-order valence-electron chi connectivity index (χ0n) is 26.1. The molecule has 1 aliphatic heterocycles. The van der Waals surface area contributed by atoms with Crippen molar-refractivity contribution in [1.29, 1.82) is 0 Å². The molecule has 3 unspecified atom stereocenters. The van der Waals surface area contributed by atoms with Gasteiger partial charge in [0, 0.05) is 12.6 Å². The van der Waals surface area contributed by atoms with Gasteiger partial charge in [0.25, 0.3) is 0 Å². The standard InChI is InChI=1S/C36H41F6NO2/c1-5-32(25-14-16-28(17-15-25)35(37,38)39)43-18-10-13-26(22-43)29-20-27(24-11-8-7-9-12-24)21-30(33(29)36(40,41)42)31(19-23(3)4)34(44)45-6-2/h7-9,11-12,14-17,20-21,23,26,31-32H,5-6,10,13,18-19,22H2,1-4H3. The summed E-state index contributed by atoms with van der Waals surface area (Å²) >= 11 is 0. The number of rotatable bonds is 10. The van der Waals surface area contributed by atoms with Crippen LogP contribution in [0.1, 0.15) is 99.1 Å². The highest BCUT2D eigenvalue weighted by atomic mass is 19.4. The summed E-state index contributed by atoms with van der Waals surface area (Å²) in [5.41, 5.74) is 0.580. The van der Waals surface area contributed by atoms with Crippen molar-refractivity contribution in [1.82, 2.24) is 4.90 Å². The van der Waals surface area contributed by atoms with Gasteiger partial charge in [-0.05, 0) is 97.0 Å². The van der Waals surface area contributed by atoms with Crippen LogP contribution in [0, 0.1) is 5.92 Å². The van der Waals surface area contributed by atoms with Crippen molar-refractivity contribution >= 4 is 5.97 Å². The van der Waals surface area contributed by atoms with Gasteiger partial charge in [-0.2, -0.15) is 26.3 Å². The van der Waals surface area contributed by atoms with Crippen molar-refractivity contribution < 1.29 is 35.9 Å². The number of alkyl halides is 6. The fourth-order valence-corrected chi connectivity index (χ4v) is 6.62. The first-order valence-corrected chi connectivity index (χ1v) is 15.6. The second-order valence-corrected chi connectivity index (χ2v) is 12.2. The summed E-state index contributed by atoms with van der Waals surface area (Å²) in [5.74, 6) is -2.35. The monoisotopic (exact) mass is 633 g/mol. The van der Waals surface area contributed by atoms with E-state index in [-0.39, 0.29) is 36.1 Å². The molecule has 0 aromatic heterocycles. The molecule has 1 saturated heterocycles. The zero-order chi connectivity index (χ0) is 32.9. The van der Waals surface area contributed by atoms with Gasteiger partial charge in [-0.15, -0.1) is 0 Å². The summed E-state index contributed by atoms with van der Waals surface area (Å²) in [5, 5.41) is 0. The normalized spacial score (nSPS) is 17.7. The van der Waals surface area contributed by atoms with Crippen molar-refractivity contribution in [3.63, 3.8) is 0 Å². The van der Waals surface area contributed by atoms with E-state index in [1.807, 2.05) is 51.1 Å². The summed E-state index contributed by atoms with van der Waals surface area (Å²) in [6, 6.07) is 17.1. The third-order valence-corrected chi connectivity index (χ3v) is 8.59. The predicted octanol–water partition coefficient (Wildman–Crippen LogP) is 10.4. The van der Waals surface area contributed by atoms with Crippen LogP contribution in [0.25, 0.3) is 11.1 Å². The van der Waals surface area contributed by atoms with E-state index in [9.17, 15) is 18.0 Å². The Morgan fingerprint density at radius 1 is 0.911 bits per heavy atom. The Balaban J connectivity index is 1.84. The molecule has 0 aliphatic carbocycles. The van der Waals surface area contributed by atoms with Gasteiger partial charge in [0.2, 0.25) is 0 Å². The predicted molar refractivity (Wildman–Crippen MR) is 164 cm³/mol. The van der Waals surface area contributed by atoms with Crippen LogP contribution in [-0.2, 0) is 21.9 Å². The molecule has 0 N–H and O–H groups in total. The molecule has 244 valence electrons. The Hall–Kier alpha value is -3.33. The number of esters is 1. The fraction of sp³-hybridized carbons (Fsp3) is 0.472. The van der Waals surface area contributed by atoms with E-state index in [4.69, 9.17) is 4.74 Å². The lowest BCUT2D eigenvalue weighted by atomic mass is 9.78. The molecule has 0 spiro atoms. The lowest BCUT2D eigenvalue weighted by Gasteiger charge is -2.39. The van der Waals surface area contributed by atoms with Crippen LogP contribution in [-0.4, -0.2) is 30.6 Å². The number of nitrogens with zero attached hydrogens (tertiary/aromatic N) is 1. The molecular weight excluding hydrogens is 592 g/mol. The van der Waals surface area contributed by atoms with Gasteiger partial charge < -0.3 is 4.74 Å². The molecule has 1 aliphatic rings. The third-order valence-electron chi connectivity index (χ3n) is 8.59. The van der Waals surface area contributed by atoms with Crippen LogP contribution in [0.4, 0.5) is 26.3 Å². The minimum atomic E-state index is -4.73. The van der Waals surface area contributed by atoms with E-state index < -0.39 is 41.3 Å². The summed E-state index contributed by atoms with van der Waals surface area (Å²) in [6.07, 6.45) is -7.28. The molecule has 0 amide bonds. The van der Waals surface area contributed by atoms with Crippen molar-refractivity contribution in [2.45, 2.75) is 83.6 Å². The van der Waals surface area contributed by atoms with E-state index >= 15 is 13.2 Å². The number of benzene rings is 3. The number of halogens is 6. The topological polar surface area (TPSA) is 29.5 Å². The van der Waals surface area contributed by atoms with Crippen LogP contribution in [0.3, 0.4) is 0 Å². The first-order valence-electron chi connectivity index (χ1n) is 15.6. The molecule has 0 radical (unpaired) electrons. The Kier molecular flexibility index (Phi) is 11.1. The largest absolute Gasteiger partial charge is 0.466 e. The SMILES string of the molecule is CCOC(=O)C(CC(C)C)c1cc(-c2ccccc2)cc(C2CCCN(C(CC)c3ccc(C(F)(F)F)cc3)C2)c1C(F)(F)F. The van der Waals surface area contributed by atoms with Crippen molar-refractivity contribution in [2.75, 3.05) is 19.7 Å². The first kappa shape index (κ1) is 34.5. The van der Waals surface area contributed by atoms with Gasteiger partial charge in [-0.3, -0.25) is 9.69 Å². The van der Waals surface area contributed by atoms with Gasteiger partial charge in [0.1, 0.15) is 0 Å². The lowest BCUT2D eigenvalue weighted by molar-refractivity contribution is -0.147. The second-order valence-electron chi connectivity index (χ2n) is 12.2. The molecule has 9 heteroatoms. The van der Waals surface area contributed by atoms with Gasteiger partial charge >= 0.3 is 18.3 Å². The van der Waals surface area contributed by atoms with Crippen LogP contribution in [0.5, 0.6) is 0 Å². The molecule has 1 heterocycles. The first-order chi connectivity index (χ1) is 21.2. The number of carbonyl (C=O) groups excluding carboxylic acids is 1. The highest BCUT2D eigenvalue weighted by Gasteiger charge is 2.43. The van der Waals surface area contributed by atoms with E-state index in [0.29, 0.717) is 43.5 Å². The van der Waals surface area contributed by atoms with E-state index in [1.165, 1.54) is 18.2 Å². The highest BCUT2D eigenvalue weighted by Crippen LogP contribution is 2.46. The van der Waals surface area contributed by atoms with Crippen molar-refractivity contribution in [3.8, 4) is 11.1 Å². The Morgan fingerprint density at radius 3 is 2.13 bits per heavy atom. The summed E-state index contributed by atoms with van der Waals surface area (Å²) in [6.45, 7) is 8.27. The Morgan fingerprint density at radius 2 is 1.58 bits per heavy atom. The Bertz CT molecular complexity index is 1420. The van der Waals surface area contributed by atoms with Gasteiger partial charge in [-0.1, -0.05) is 69.3 Å². The maximum Gasteiger partial charge on any atom is 0.416 e. The quantitative estimate of drug-likeness (QED) is 0.164. The van der Waals surface area contributed by atoms with Crippen LogP contribution in [0.2, 0.25) is 0 Å². The average molecular weight is 634 g/mol. The van der Waals surface area contributed by atoms with Crippen LogP contribution in [0.15, 0.2) is 66.7 Å². The maximum atomic E-state index is 15.2. The molecule has 45 heavy (non-hydrogen) atoms. The second kappa shape index (κ2) is 14.4. The molecule has 3 aromatic rings. The van der Waals surface area contributed by atoms with E-state index in [1.54, 1.807) is 13.0 Å². The van der Waals surface area contributed by atoms with E-state index in [0.717, 1.165) is 17.7 Å². The van der Waals surface area contributed by atoms with Crippen molar-refractivity contribution in [3.05, 3.63) is 94.5 Å². The molecule has 0 saturated carbocycles. The maximum absolute atomic E-state index is 15.2. The molecule has 4 rings (SSSR count). The number of hydrogen-bond donors (Lipinski definition) is 0. The van der Waals surface area contributed by atoms with E-state index in [2.05, 4.69) is 4.90 Å². The van der Waals surface area contributed by atoms with Gasteiger partial charge in [-0.25, -0.2) is 0 Å². The zero-order valence-corrected chi connectivity index (χ0v) is 26.1. The number of piperidine rings is 1. The number of carbonyl (C=O) groups is 1. The molecule has 3 aromatic carbocycles. The van der Waals surface area contributed by atoms with Crippen LogP contribution >= 0.6 is 0 Å². The minimum Gasteiger partial charge on any atom is -0.466 e. The molecular formula is C36H41F6NO2. The number of likely N-dealkylation sites (tertiary alicyclic amines) is 1. The van der Waals surface area contributed by atoms with Crippen molar-refractivity contribution in [2.24, 2.45) is 5.92 Å². The highest BCUT2D eigenvalue weighted by molar-refractivity contribution is 5.80. The lowest BCUT2D eigenvalue weighted by Crippen LogP contribution is -2.38. The number of hydrogen-bond acceptors (Lipinski definition) is 3. The molecule has 3 nitrogen and oxygen atoms in total. The van der Waals surface area contributed by atoms with Gasteiger partial charge in [0.15, 0.2) is 0 Å². The smallest absolute Gasteiger partial charge is 0.416 e. The minimum absolute atomic E-state index is 0.0555. The Labute approximate surface area is 261 Å². The molecule has 1 fully saturated rings. The third kappa shape index (κ3) is 8.29. The summed E-state index contributed by atoms with van der Waals surface area (Å²) < 4.78 is 90.6. The summed E-state index contributed by atoms with van der Waals surface area (Å²) in [4.78, 5) is 15.3. The molecule has 3 atom stereocenters. The van der Waals surface area contributed by atoms with Crippen LogP contribution < -0.4 is 0 Å². The number of ether oxygens (including phenoxy) is 1. The molecule has 0 bridgehead atoms. The fourth-order valence-electron chi connectivity index (χ4n) is 6.62. The van der Waals surface area contributed by atoms with Gasteiger partial charge in [0.05, 0.1) is 23.7 Å².